The number of carbonyl (C=O) groups is 1. The van der Waals surface area contributed by atoms with Crippen molar-refractivity contribution in [2.24, 2.45) is 5.73 Å². The molecule has 0 spiro atoms. The minimum absolute atomic E-state index is 0.304. The molecule has 1 unspecified atom stereocenters. The molecule has 1 saturated heterocycles. The Labute approximate surface area is 96.9 Å². The van der Waals surface area contributed by atoms with Crippen LogP contribution in [0.1, 0.15) is 26.7 Å². The number of rotatable bonds is 4. The summed E-state index contributed by atoms with van der Waals surface area (Å²) in [6.07, 6.45) is 2.92. The second-order valence-electron chi connectivity index (χ2n) is 4.78. The van der Waals surface area contributed by atoms with E-state index in [9.17, 15) is 13.2 Å². The Morgan fingerprint density at radius 2 is 2.00 bits per heavy atom. The third kappa shape index (κ3) is 2.74. The van der Waals surface area contributed by atoms with Gasteiger partial charge in [-0.2, -0.15) is 0 Å². The van der Waals surface area contributed by atoms with Gasteiger partial charge in [-0.15, -0.1) is 0 Å². The van der Waals surface area contributed by atoms with Gasteiger partial charge in [-0.1, -0.05) is 13.3 Å². The maximum Gasteiger partial charge on any atom is 0.240 e. The molecule has 5 nitrogen and oxygen atoms in total. The molecule has 0 bridgehead atoms. The van der Waals surface area contributed by atoms with Crippen molar-refractivity contribution >= 4 is 15.7 Å². The highest BCUT2D eigenvalue weighted by molar-refractivity contribution is 7.92. The first-order chi connectivity index (χ1) is 7.19. The summed E-state index contributed by atoms with van der Waals surface area (Å²) >= 11 is 0. The van der Waals surface area contributed by atoms with Crippen molar-refractivity contribution in [2.45, 2.75) is 37.5 Å². The fraction of sp³-hybridized carbons (Fsp3) is 0.900. The summed E-state index contributed by atoms with van der Waals surface area (Å²) in [5.41, 5.74) is 5.70. The van der Waals surface area contributed by atoms with E-state index in [2.05, 4.69) is 0 Å². The third-order valence-corrected chi connectivity index (χ3v) is 4.55. The van der Waals surface area contributed by atoms with E-state index in [1.807, 2.05) is 6.92 Å². The van der Waals surface area contributed by atoms with Gasteiger partial charge in [0.15, 0.2) is 9.84 Å². The number of likely N-dealkylation sites (tertiary alicyclic amines) is 1. The van der Waals surface area contributed by atoms with Crippen LogP contribution in [0.4, 0.5) is 0 Å². The topological polar surface area (TPSA) is 80.5 Å². The molecule has 1 aliphatic rings. The van der Waals surface area contributed by atoms with Crippen molar-refractivity contribution in [1.82, 2.24) is 4.90 Å². The summed E-state index contributed by atoms with van der Waals surface area (Å²) in [7, 11) is -3.30. The lowest BCUT2D eigenvalue weighted by atomic mass is 9.86. The molecule has 0 aromatic heterocycles. The van der Waals surface area contributed by atoms with Crippen molar-refractivity contribution in [3.63, 3.8) is 0 Å². The van der Waals surface area contributed by atoms with Gasteiger partial charge >= 0.3 is 0 Å². The number of sulfone groups is 1. The SMILES string of the molecule is CCCC1(N)CN(C(=O)C(C)S(C)(=O)=O)C1. The molecule has 1 aliphatic heterocycles. The van der Waals surface area contributed by atoms with Crippen molar-refractivity contribution in [3.8, 4) is 0 Å². The van der Waals surface area contributed by atoms with E-state index < -0.39 is 15.1 Å². The molecule has 1 rings (SSSR count). The quantitative estimate of drug-likeness (QED) is 0.744. The van der Waals surface area contributed by atoms with Crippen molar-refractivity contribution in [1.29, 1.82) is 0 Å². The zero-order valence-corrected chi connectivity index (χ0v) is 10.9. The van der Waals surface area contributed by atoms with Gasteiger partial charge < -0.3 is 10.6 Å². The molecule has 0 saturated carbocycles. The second-order valence-corrected chi connectivity index (χ2v) is 7.14. The Kier molecular flexibility index (Phi) is 3.64. The van der Waals surface area contributed by atoms with E-state index in [0.29, 0.717) is 13.1 Å². The first kappa shape index (κ1) is 13.4. The minimum Gasteiger partial charge on any atom is -0.338 e. The number of nitrogens with zero attached hydrogens (tertiary/aromatic N) is 1. The van der Waals surface area contributed by atoms with Crippen molar-refractivity contribution < 1.29 is 13.2 Å². The van der Waals surface area contributed by atoms with E-state index in [-0.39, 0.29) is 11.4 Å². The molecule has 2 N–H and O–H groups in total. The van der Waals surface area contributed by atoms with Crippen LogP contribution in [0.25, 0.3) is 0 Å². The number of hydrogen-bond acceptors (Lipinski definition) is 4. The van der Waals surface area contributed by atoms with Gasteiger partial charge in [0.05, 0.1) is 5.54 Å². The van der Waals surface area contributed by atoms with Gasteiger partial charge in [-0.05, 0) is 13.3 Å². The molecular weight excluding hydrogens is 228 g/mol. The molecule has 1 fully saturated rings. The summed E-state index contributed by atoms with van der Waals surface area (Å²) in [4.78, 5) is 13.3. The number of carbonyl (C=O) groups excluding carboxylic acids is 1. The molecule has 0 radical (unpaired) electrons. The lowest BCUT2D eigenvalue weighted by Crippen LogP contribution is -2.69. The second kappa shape index (κ2) is 4.33. The first-order valence-corrected chi connectivity index (χ1v) is 7.41. The zero-order chi connectivity index (χ0) is 12.6. The third-order valence-electron chi connectivity index (χ3n) is 3.06. The summed E-state index contributed by atoms with van der Waals surface area (Å²) in [6.45, 7) is 4.41. The molecule has 1 heterocycles. The predicted molar refractivity (Wildman–Crippen MR) is 62.7 cm³/mol. The van der Waals surface area contributed by atoms with E-state index >= 15 is 0 Å². The average Bonchev–Trinajstić information content (AvgIpc) is 2.10. The van der Waals surface area contributed by atoms with Gasteiger partial charge in [0.1, 0.15) is 5.25 Å². The molecule has 1 amide bonds. The van der Waals surface area contributed by atoms with Crippen LogP contribution in [-0.4, -0.2) is 49.4 Å². The maximum atomic E-state index is 11.8. The zero-order valence-electron chi connectivity index (χ0n) is 10.1. The predicted octanol–water partition coefficient (Wildman–Crippen LogP) is -0.241. The van der Waals surface area contributed by atoms with Crippen LogP contribution in [0.15, 0.2) is 0 Å². The number of hydrogen-bond donors (Lipinski definition) is 1. The van der Waals surface area contributed by atoms with E-state index in [4.69, 9.17) is 5.73 Å². The Hall–Kier alpha value is -0.620. The van der Waals surface area contributed by atoms with Gasteiger partial charge in [0.25, 0.3) is 0 Å². The lowest BCUT2D eigenvalue weighted by Gasteiger charge is -2.48. The first-order valence-electron chi connectivity index (χ1n) is 5.46. The van der Waals surface area contributed by atoms with Crippen LogP contribution in [0.5, 0.6) is 0 Å². The van der Waals surface area contributed by atoms with E-state index in [0.717, 1.165) is 19.1 Å². The van der Waals surface area contributed by atoms with Gasteiger partial charge in [0, 0.05) is 19.3 Å². The average molecular weight is 248 g/mol. The summed E-state index contributed by atoms with van der Waals surface area (Å²) < 4.78 is 22.5. The summed E-state index contributed by atoms with van der Waals surface area (Å²) in [5, 5.41) is -0.960. The minimum atomic E-state index is -3.30. The smallest absolute Gasteiger partial charge is 0.240 e. The lowest BCUT2D eigenvalue weighted by molar-refractivity contribution is -0.138. The van der Waals surface area contributed by atoms with Crippen LogP contribution in [0.3, 0.4) is 0 Å². The largest absolute Gasteiger partial charge is 0.338 e. The Morgan fingerprint density at radius 3 is 2.38 bits per heavy atom. The molecule has 0 aromatic rings. The molecule has 94 valence electrons. The summed E-state index contributed by atoms with van der Waals surface area (Å²) in [5.74, 6) is -0.334. The van der Waals surface area contributed by atoms with Crippen molar-refractivity contribution in [3.05, 3.63) is 0 Å². The Balaban J connectivity index is 2.56. The molecule has 6 heteroatoms. The van der Waals surface area contributed by atoms with E-state index in [1.165, 1.54) is 11.8 Å². The molecule has 0 aliphatic carbocycles. The van der Waals surface area contributed by atoms with Gasteiger partial charge in [-0.25, -0.2) is 8.42 Å². The Morgan fingerprint density at radius 1 is 1.50 bits per heavy atom. The van der Waals surface area contributed by atoms with Gasteiger partial charge in [-0.3, -0.25) is 4.79 Å². The highest BCUT2D eigenvalue weighted by Gasteiger charge is 2.43. The highest BCUT2D eigenvalue weighted by atomic mass is 32.2. The maximum absolute atomic E-state index is 11.8. The van der Waals surface area contributed by atoms with Crippen LogP contribution >= 0.6 is 0 Å². The monoisotopic (exact) mass is 248 g/mol. The van der Waals surface area contributed by atoms with Gasteiger partial charge in [0.2, 0.25) is 5.91 Å². The van der Waals surface area contributed by atoms with Crippen LogP contribution < -0.4 is 5.73 Å². The van der Waals surface area contributed by atoms with E-state index in [1.54, 1.807) is 0 Å². The molecule has 16 heavy (non-hydrogen) atoms. The normalized spacial score (nSPS) is 21.4. The molecule has 1 atom stereocenters. The standard InChI is InChI=1S/C10H20N2O3S/c1-4-5-10(11)6-12(7-10)9(13)8(2)16(3,14)15/h8H,4-7,11H2,1-3H3. The highest BCUT2D eigenvalue weighted by Crippen LogP contribution is 2.24. The number of nitrogens with two attached hydrogens (primary N) is 1. The molecule has 0 aromatic carbocycles. The fourth-order valence-corrected chi connectivity index (χ4v) is 2.48. The van der Waals surface area contributed by atoms with Crippen LogP contribution in [-0.2, 0) is 14.6 Å². The fourth-order valence-electron chi connectivity index (χ4n) is 1.97. The molecular formula is C10H20N2O3S. The van der Waals surface area contributed by atoms with Crippen LogP contribution in [0, 0.1) is 0 Å². The Bertz CT molecular complexity index is 372. The number of amides is 1. The van der Waals surface area contributed by atoms with Crippen molar-refractivity contribution in [2.75, 3.05) is 19.3 Å². The van der Waals surface area contributed by atoms with Crippen LogP contribution in [0.2, 0.25) is 0 Å². The summed E-state index contributed by atoms with van der Waals surface area (Å²) in [6, 6.07) is 0.